The van der Waals surface area contributed by atoms with Gasteiger partial charge in [-0.15, -0.1) is 22.7 Å². The molecular formula is C14H16N4O2S2. The molecule has 2 aromatic rings. The van der Waals surface area contributed by atoms with Crippen molar-refractivity contribution in [3.63, 3.8) is 0 Å². The highest BCUT2D eigenvalue weighted by Gasteiger charge is 2.27. The van der Waals surface area contributed by atoms with Crippen LogP contribution in [0.1, 0.15) is 41.2 Å². The molecule has 1 aliphatic heterocycles. The van der Waals surface area contributed by atoms with E-state index >= 15 is 0 Å². The largest absolute Gasteiger partial charge is 0.337 e. The fourth-order valence-electron chi connectivity index (χ4n) is 2.51. The first-order chi connectivity index (χ1) is 10.6. The Morgan fingerprint density at radius 1 is 1.32 bits per heavy atom. The van der Waals surface area contributed by atoms with Crippen LogP contribution in [0.25, 0.3) is 0 Å². The predicted octanol–water partition coefficient (Wildman–Crippen LogP) is 2.58. The smallest absolute Gasteiger partial charge is 0.273 e. The summed E-state index contributed by atoms with van der Waals surface area (Å²) in [5.41, 5.74) is 0.404. The van der Waals surface area contributed by atoms with E-state index in [2.05, 4.69) is 15.3 Å². The summed E-state index contributed by atoms with van der Waals surface area (Å²) < 4.78 is 0. The molecule has 2 amide bonds. The van der Waals surface area contributed by atoms with E-state index in [0.717, 1.165) is 30.9 Å². The van der Waals surface area contributed by atoms with E-state index in [1.54, 1.807) is 16.7 Å². The number of anilines is 1. The first kappa shape index (κ1) is 15.1. The van der Waals surface area contributed by atoms with Gasteiger partial charge in [-0.25, -0.2) is 9.97 Å². The molecule has 8 heteroatoms. The van der Waals surface area contributed by atoms with Crippen LogP contribution in [0.2, 0.25) is 0 Å². The topological polar surface area (TPSA) is 75.2 Å². The molecule has 1 fully saturated rings. The maximum atomic E-state index is 12.4. The van der Waals surface area contributed by atoms with Crippen LogP contribution in [0.3, 0.4) is 0 Å². The maximum absolute atomic E-state index is 12.4. The Bertz CT molecular complexity index is 660. The van der Waals surface area contributed by atoms with E-state index < -0.39 is 0 Å². The minimum absolute atomic E-state index is 0.0644. The van der Waals surface area contributed by atoms with Gasteiger partial charge in [-0.3, -0.25) is 9.59 Å². The standard InChI is InChI=1S/C14H16N4O2S2/c1-9(19)16-14-17-11(8-22-14)13(20)18-5-2-10(3-6-18)12-15-4-7-21-12/h4,7-8,10H,2-3,5-6H2,1H3,(H,16,17,19). The summed E-state index contributed by atoms with van der Waals surface area (Å²) in [6.07, 6.45) is 3.69. The quantitative estimate of drug-likeness (QED) is 0.935. The summed E-state index contributed by atoms with van der Waals surface area (Å²) in [4.78, 5) is 33.8. The molecule has 6 nitrogen and oxygen atoms in total. The number of likely N-dealkylation sites (tertiary alicyclic amines) is 1. The zero-order valence-electron chi connectivity index (χ0n) is 12.1. The molecule has 0 bridgehead atoms. The molecule has 0 saturated carbocycles. The summed E-state index contributed by atoms with van der Waals surface area (Å²) >= 11 is 2.95. The molecule has 1 aliphatic rings. The molecule has 1 saturated heterocycles. The van der Waals surface area contributed by atoms with Gasteiger partial charge in [0.2, 0.25) is 5.91 Å². The highest BCUT2D eigenvalue weighted by molar-refractivity contribution is 7.14. The zero-order valence-corrected chi connectivity index (χ0v) is 13.7. The van der Waals surface area contributed by atoms with Crippen molar-refractivity contribution in [1.82, 2.24) is 14.9 Å². The minimum atomic E-state index is -0.183. The van der Waals surface area contributed by atoms with Crippen LogP contribution in [-0.4, -0.2) is 39.8 Å². The Kier molecular flexibility index (Phi) is 4.49. The van der Waals surface area contributed by atoms with Crippen LogP contribution in [0.15, 0.2) is 17.0 Å². The number of piperidine rings is 1. The second kappa shape index (κ2) is 6.53. The molecule has 0 unspecified atom stereocenters. The number of carbonyl (C=O) groups excluding carboxylic acids is 2. The lowest BCUT2D eigenvalue weighted by molar-refractivity contribution is -0.114. The van der Waals surface area contributed by atoms with Crippen molar-refractivity contribution < 1.29 is 9.59 Å². The van der Waals surface area contributed by atoms with Crippen LogP contribution in [0.4, 0.5) is 5.13 Å². The summed E-state index contributed by atoms with van der Waals surface area (Å²) in [5, 5.41) is 7.91. The molecule has 22 heavy (non-hydrogen) atoms. The Balaban J connectivity index is 1.60. The number of hydrogen-bond donors (Lipinski definition) is 1. The van der Waals surface area contributed by atoms with Crippen molar-refractivity contribution in [3.8, 4) is 0 Å². The van der Waals surface area contributed by atoms with Crippen molar-refractivity contribution in [2.24, 2.45) is 0 Å². The van der Waals surface area contributed by atoms with E-state index in [9.17, 15) is 9.59 Å². The molecule has 0 aliphatic carbocycles. The number of nitrogens with one attached hydrogen (secondary N) is 1. The molecule has 0 atom stereocenters. The highest BCUT2D eigenvalue weighted by atomic mass is 32.1. The average Bonchev–Trinajstić information content (AvgIpc) is 3.17. The van der Waals surface area contributed by atoms with Crippen molar-refractivity contribution >= 4 is 39.6 Å². The SMILES string of the molecule is CC(=O)Nc1nc(C(=O)N2CCC(c3nccs3)CC2)cs1. The van der Waals surface area contributed by atoms with E-state index in [1.807, 2.05) is 16.5 Å². The lowest BCUT2D eigenvalue weighted by atomic mass is 9.97. The molecule has 0 radical (unpaired) electrons. The van der Waals surface area contributed by atoms with Crippen molar-refractivity contribution in [3.05, 3.63) is 27.7 Å². The number of amides is 2. The molecule has 0 spiro atoms. The maximum Gasteiger partial charge on any atom is 0.273 e. The lowest BCUT2D eigenvalue weighted by Crippen LogP contribution is -2.38. The van der Waals surface area contributed by atoms with Crippen LogP contribution >= 0.6 is 22.7 Å². The Hall–Kier alpha value is -1.80. The molecule has 0 aromatic carbocycles. The predicted molar refractivity (Wildman–Crippen MR) is 86.4 cm³/mol. The third kappa shape index (κ3) is 3.33. The first-order valence-corrected chi connectivity index (χ1v) is 8.81. The van der Waals surface area contributed by atoms with E-state index in [4.69, 9.17) is 0 Å². The minimum Gasteiger partial charge on any atom is -0.337 e. The van der Waals surface area contributed by atoms with E-state index in [1.165, 1.54) is 18.3 Å². The van der Waals surface area contributed by atoms with Crippen LogP contribution in [0, 0.1) is 0 Å². The van der Waals surface area contributed by atoms with Gasteiger partial charge in [0.05, 0.1) is 5.01 Å². The molecule has 1 N–H and O–H groups in total. The van der Waals surface area contributed by atoms with Gasteiger partial charge in [-0.05, 0) is 12.8 Å². The fraction of sp³-hybridized carbons (Fsp3) is 0.429. The van der Waals surface area contributed by atoms with Gasteiger partial charge in [0.15, 0.2) is 5.13 Å². The van der Waals surface area contributed by atoms with Crippen LogP contribution < -0.4 is 5.32 Å². The molecule has 3 heterocycles. The number of thiazole rings is 2. The van der Waals surface area contributed by atoms with Gasteiger partial charge in [-0.1, -0.05) is 0 Å². The zero-order chi connectivity index (χ0) is 15.5. The number of rotatable bonds is 3. The molecular weight excluding hydrogens is 320 g/mol. The second-order valence-corrected chi connectivity index (χ2v) is 6.94. The second-order valence-electron chi connectivity index (χ2n) is 5.16. The normalized spacial score (nSPS) is 15.8. The van der Waals surface area contributed by atoms with Crippen molar-refractivity contribution in [2.75, 3.05) is 18.4 Å². The van der Waals surface area contributed by atoms with Gasteiger partial charge >= 0.3 is 0 Å². The van der Waals surface area contributed by atoms with Gasteiger partial charge in [-0.2, -0.15) is 0 Å². The number of nitrogens with zero attached hydrogens (tertiary/aromatic N) is 3. The van der Waals surface area contributed by atoms with Gasteiger partial charge < -0.3 is 10.2 Å². The Labute approximate surface area is 136 Å². The summed E-state index contributed by atoms with van der Waals surface area (Å²) in [6, 6.07) is 0. The Morgan fingerprint density at radius 3 is 2.73 bits per heavy atom. The van der Waals surface area contributed by atoms with Gasteiger partial charge in [0.25, 0.3) is 5.91 Å². The van der Waals surface area contributed by atoms with Crippen LogP contribution in [-0.2, 0) is 4.79 Å². The Morgan fingerprint density at radius 2 is 2.09 bits per heavy atom. The molecule has 116 valence electrons. The van der Waals surface area contributed by atoms with Gasteiger partial charge in [0, 0.05) is 42.9 Å². The summed E-state index contributed by atoms with van der Waals surface area (Å²) in [7, 11) is 0. The average molecular weight is 336 g/mol. The number of aromatic nitrogens is 2. The van der Waals surface area contributed by atoms with E-state index in [-0.39, 0.29) is 11.8 Å². The van der Waals surface area contributed by atoms with Gasteiger partial charge in [0.1, 0.15) is 5.69 Å². The van der Waals surface area contributed by atoms with Crippen molar-refractivity contribution in [1.29, 1.82) is 0 Å². The fourth-order valence-corrected chi connectivity index (χ4v) is 4.05. The third-order valence-electron chi connectivity index (χ3n) is 3.59. The monoisotopic (exact) mass is 336 g/mol. The molecule has 2 aromatic heterocycles. The van der Waals surface area contributed by atoms with Crippen molar-refractivity contribution in [2.45, 2.75) is 25.7 Å². The summed E-state index contributed by atoms with van der Waals surface area (Å²) in [6.45, 7) is 2.86. The van der Waals surface area contributed by atoms with Crippen LogP contribution in [0.5, 0.6) is 0 Å². The number of carbonyl (C=O) groups is 2. The highest BCUT2D eigenvalue weighted by Crippen LogP contribution is 2.30. The van der Waals surface area contributed by atoms with E-state index in [0.29, 0.717) is 16.7 Å². The third-order valence-corrected chi connectivity index (χ3v) is 5.28. The lowest BCUT2D eigenvalue weighted by Gasteiger charge is -2.30. The number of hydrogen-bond acceptors (Lipinski definition) is 6. The molecule has 3 rings (SSSR count). The summed E-state index contributed by atoms with van der Waals surface area (Å²) in [5.74, 6) is 0.206. The first-order valence-electron chi connectivity index (χ1n) is 7.05.